The first-order valence-electron chi connectivity index (χ1n) is 7.08. The van der Waals surface area contributed by atoms with E-state index in [1.807, 2.05) is 12.1 Å². The summed E-state index contributed by atoms with van der Waals surface area (Å²) in [6.07, 6.45) is 6.56. The van der Waals surface area contributed by atoms with Gasteiger partial charge in [0.05, 0.1) is 0 Å². The second-order valence-corrected chi connectivity index (χ2v) is 5.91. The molecule has 1 aliphatic carbocycles. The third-order valence-corrected chi connectivity index (χ3v) is 4.43. The largest absolute Gasteiger partial charge is 0.409 e. The molecule has 1 fully saturated rings. The lowest BCUT2D eigenvalue weighted by Crippen LogP contribution is -2.32. The quantitative estimate of drug-likeness (QED) is 0.388. The standard InChI is InChI=1S/C15H22ClN3O/c1-19(13-5-3-2-4-6-13)10-12-8-7-11(9-14(12)16)15(17)18-20/h7-9,13,20H,2-6,10H2,1H3,(H2,17,18). The van der Waals surface area contributed by atoms with Crippen LogP contribution in [0.25, 0.3) is 0 Å². The maximum absolute atomic E-state index is 8.68. The lowest BCUT2D eigenvalue weighted by atomic mass is 9.94. The van der Waals surface area contributed by atoms with E-state index >= 15 is 0 Å². The fraction of sp³-hybridized carbons (Fsp3) is 0.533. The summed E-state index contributed by atoms with van der Waals surface area (Å²) in [4.78, 5) is 2.38. The molecule has 3 N–H and O–H groups in total. The van der Waals surface area contributed by atoms with E-state index in [9.17, 15) is 0 Å². The highest BCUT2D eigenvalue weighted by Gasteiger charge is 2.18. The Morgan fingerprint density at radius 1 is 1.40 bits per heavy atom. The average molecular weight is 296 g/mol. The Hall–Kier alpha value is -1.26. The number of nitrogens with two attached hydrogens (primary N) is 1. The molecule has 20 heavy (non-hydrogen) atoms. The summed E-state index contributed by atoms with van der Waals surface area (Å²) in [6, 6.07) is 6.20. The zero-order valence-corrected chi connectivity index (χ0v) is 12.6. The monoisotopic (exact) mass is 295 g/mol. The third kappa shape index (κ3) is 3.64. The number of benzene rings is 1. The second kappa shape index (κ2) is 6.95. The van der Waals surface area contributed by atoms with E-state index in [0.717, 1.165) is 12.1 Å². The molecule has 0 aromatic heterocycles. The molecule has 110 valence electrons. The predicted octanol–water partition coefficient (Wildman–Crippen LogP) is 3.20. The Balaban J connectivity index is 2.05. The first-order valence-corrected chi connectivity index (χ1v) is 7.46. The van der Waals surface area contributed by atoms with Crippen LogP contribution in [0.3, 0.4) is 0 Å². The van der Waals surface area contributed by atoms with Gasteiger partial charge in [0, 0.05) is 23.2 Å². The molecule has 0 saturated heterocycles. The van der Waals surface area contributed by atoms with Crippen molar-refractivity contribution in [2.75, 3.05) is 7.05 Å². The van der Waals surface area contributed by atoms with E-state index in [1.165, 1.54) is 32.1 Å². The normalized spacial score (nSPS) is 17.6. The van der Waals surface area contributed by atoms with Gasteiger partial charge < -0.3 is 10.9 Å². The van der Waals surface area contributed by atoms with Crippen LogP contribution in [0.5, 0.6) is 0 Å². The second-order valence-electron chi connectivity index (χ2n) is 5.50. The van der Waals surface area contributed by atoms with E-state index in [2.05, 4.69) is 17.1 Å². The van der Waals surface area contributed by atoms with Crippen molar-refractivity contribution in [2.24, 2.45) is 10.9 Å². The number of oxime groups is 1. The van der Waals surface area contributed by atoms with Crippen molar-refractivity contribution in [3.63, 3.8) is 0 Å². The summed E-state index contributed by atoms with van der Waals surface area (Å²) >= 11 is 6.29. The molecular weight excluding hydrogens is 274 g/mol. The molecule has 1 aromatic carbocycles. The molecule has 0 spiro atoms. The molecule has 0 radical (unpaired) electrons. The zero-order chi connectivity index (χ0) is 14.5. The van der Waals surface area contributed by atoms with Crippen LogP contribution in [0.1, 0.15) is 43.2 Å². The minimum atomic E-state index is 0.0825. The smallest absolute Gasteiger partial charge is 0.170 e. The average Bonchev–Trinajstić information content (AvgIpc) is 2.49. The van der Waals surface area contributed by atoms with Crippen LogP contribution in [0.2, 0.25) is 5.02 Å². The Morgan fingerprint density at radius 2 is 2.10 bits per heavy atom. The summed E-state index contributed by atoms with van der Waals surface area (Å²) in [5, 5.41) is 12.3. The maximum atomic E-state index is 8.68. The fourth-order valence-electron chi connectivity index (χ4n) is 2.81. The number of rotatable bonds is 4. The van der Waals surface area contributed by atoms with Crippen LogP contribution in [0, 0.1) is 0 Å². The van der Waals surface area contributed by atoms with Crippen LogP contribution >= 0.6 is 11.6 Å². The molecule has 0 bridgehead atoms. The molecule has 0 atom stereocenters. The highest BCUT2D eigenvalue weighted by atomic mass is 35.5. The first kappa shape index (κ1) is 15.1. The summed E-state index contributed by atoms with van der Waals surface area (Å²) in [5.41, 5.74) is 7.28. The summed E-state index contributed by atoms with van der Waals surface area (Å²) in [7, 11) is 2.16. The van der Waals surface area contributed by atoms with Gasteiger partial charge in [0.15, 0.2) is 5.84 Å². The SMILES string of the molecule is CN(Cc1ccc(/C(N)=N/O)cc1Cl)C1CCCCC1. The van der Waals surface area contributed by atoms with Crippen molar-refractivity contribution in [3.05, 3.63) is 34.3 Å². The molecule has 1 aliphatic rings. The summed E-state index contributed by atoms with van der Waals surface area (Å²) in [5.74, 6) is 0.0825. The topological polar surface area (TPSA) is 61.8 Å². The van der Waals surface area contributed by atoms with Gasteiger partial charge in [-0.2, -0.15) is 0 Å². The van der Waals surface area contributed by atoms with Crippen LogP contribution in [0.4, 0.5) is 0 Å². The van der Waals surface area contributed by atoms with Crippen LogP contribution in [-0.4, -0.2) is 29.0 Å². The molecule has 5 heteroatoms. The lowest BCUT2D eigenvalue weighted by molar-refractivity contribution is 0.184. The van der Waals surface area contributed by atoms with Gasteiger partial charge in [-0.3, -0.25) is 4.90 Å². The minimum Gasteiger partial charge on any atom is -0.409 e. The molecule has 0 aliphatic heterocycles. The molecular formula is C15H22ClN3O. The van der Waals surface area contributed by atoms with Crippen molar-refractivity contribution in [1.82, 2.24) is 4.90 Å². The lowest BCUT2D eigenvalue weighted by Gasteiger charge is -2.31. The third-order valence-electron chi connectivity index (χ3n) is 4.07. The van der Waals surface area contributed by atoms with Crippen LogP contribution < -0.4 is 5.73 Å². The van der Waals surface area contributed by atoms with Gasteiger partial charge in [-0.25, -0.2) is 0 Å². The van der Waals surface area contributed by atoms with Crippen LogP contribution in [0.15, 0.2) is 23.4 Å². The number of halogens is 1. The van der Waals surface area contributed by atoms with Gasteiger partial charge in [-0.1, -0.05) is 48.2 Å². The molecule has 4 nitrogen and oxygen atoms in total. The molecule has 1 aromatic rings. The van der Waals surface area contributed by atoms with Gasteiger partial charge >= 0.3 is 0 Å². The molecule has 2 rings (SSSR count). The van der Waals surface area contributed by atoms with Crippen molar-refractivity contribution >= 4 is 17.4 Å². The van der Waals surface area contributed by atoms with Crippen molar-refractivity contribution in [2.45, 2.75) is 44.7 Å². The number of amidine groups is 1. The Morgan fingerprint density at radius 3 is 2.70 bits per heavy atom. The summed E-state index contributed by atoms with van der Waals surface area (Å²) in [6.45, 7) is 0.833. The molecule has 1 saturated carbocycles. The Kier molecular flexibility index (Phi) is 5.26. The molecule has 0 unspecified atom stereocenters. The van der Waals surface area contributed by atoms with E-state index in [-0.39, 0.29) is 5.84 Å². The Bertz CT molecular complexity index is 484. The fourth-order valence-corrected chi connectivity index (χ4v) is 3.05. The van der Waals surface area contributed by atoms with Crippen molar-refractivity contribution in [1.29, 1.82) is 0 Å². The predicted molar refractivity (Wildman–Crippen MR) is 82.3 cm³/mol. The first-order chi connectivity index (χ1) is 9.61. The molecule has 0 heterocycles. The minimum absolute atomic E-state index is 0.0825. The van der Waals surface area contributed by atoms with Gasteiger partial charge in [0.2, 0.25) is 0 Å². The van der Waals surface area contributed by atoms with Gasteiger partial charge in [-0.05, 0) is 31.5 Å². The van der Waals surface area contributed by atoms with Gasteiger partial charge in [0.25, 0.3) is 0 Å². The van der Waals surface area contributed by atoms with E-state index < -0.39 is 0 Å². The van der Waals surface area contributed by atoms with E-state index in [1.54, 1.807) is 6.07 Å². The summed E-state index contributed by atoms with van der Waals surface area (Å²) < 4.78 is 0. The Labute approximate surface area is 125 Å². The van der Waals surface area contributed by atoms with Crippen LogP contribution in [-0.2, 0) is 6.54 Å². The number of nitrogens with zero attached hydrogens (tertiary/aromatic N) is 2. The van der Waals surface area contributed by atoms with Crippen molar-refractivity contribution < 1.29 is 5.21 Å². The van der Waals surface area contributed by atoms with Crippen molar-refractivity contribution in [3.8, 4) is 0 Å². The maximum Gasteiger partial charge on any atom is 0.170 e. The number of hydrogen-bond acceptors (Lipinski definition) is 3. The zero-order valence-electron chi connectivity index (χ0n) is 11.8. The number of hydrogen-bond donors (Lipinski definition) is 2. The van der Waals surface area contributed by atoms with Gasteiger partial charge in [0.1, 0.15) is 0 Å². The highest BCUT2D eigenvalue weighted by molar-refractivity contribution is 6.31. The highest BCUT2D eigenvalue weighted by Crippen LogP contribution is 2.25. The van der Waals surface area contributed by atoms with Gasteiger partial charge in [-0.15, -0.1) is 0 Å². The van der Waals surface area contributed by atoms with E-state index in [0.29, 0.717) is 16.6 Å². The molecule has 0 amide bonds. The van der Waals surface area contributed by atoms with E-state index in [4.69, 9.17) is 22.5 Å².